The highest BCUT2D eigenvalue weighted by atomic mass is 35.5. The maximum atomic E-state index is 13.3. The Hall–Kier alpha value is -5.48. The van der Waals surface area contributed by atoms with Crippen molar-refractivity contribution in [3.05, 3.63) is 119 Å². The zero-order chi connectivity index (χ0) is 35.3. The Balaban J connectivity index is 1.12. The second kappa shape index (κ2) is 15.0. The predicted octanol–water partition coefficient (Wildman–Crippen LogP) is 8.25. The Morgan fingerprint density at radius 1 is 0.940 bits per heavy atom. The van der Waals surface area contributed by atoms with Gasteiger partial charge in [-0.25, -0.2) is 19.6 Å². The zero-order valence-electron chi connectivity index (χ0n) is 28.5. The molecule has 3 aromatic heterocycles. The monoisotopic (exact) mass is 690 g/mol. The molecule has 50 heavy (non-hydrogen) atoms. The number of hydrogen-bond acceptors (Lipinski definition) is 8. The van der Waals surface area contributed by atoms with Gasteiger partial charge in [-0.15, -0.1) is 0 Å². The van der Waals surface area contributed by atoms with Gasteiger partial charge in [0.15, 0.2) is 0 Å². The molecule has 256 valence electrons. The van der Waals surface area contributed by atoms with E-state index in [-0.39, 0.29) is 0 Å². The highest BCUT2D eigenvalue weighted by Gasteiger charge is 2.23. The van der Waals surface area contributed by atoms with Gasteiger partial charge in [-0.1, -0.05) is 60.1 Å². The minimum absolute atomic E-state index is 0.338. The average molecular weight is 691 g/mol. The van der Waals surface area contributed by atoms with Gasteiger partial charge < -0.3 is 24.7 Å². The fourth-order valence-electron chi connectivity index (χ4n) is 5.73. The van der Waals surface area contributed by atoms with Gasteiger partial charge in [-0.05, 0) is 56.2 Å². The summed E-state index contributed by atoms with van der Waals surface area (Å²) in [6, 6.07) is 23.1. The molecule has 0 saturated carbocycles. The molecule has 11 heteroatoms. The summed E-state index contributed by atoms with van der Waals surface area (Å²) in [5, 5.41) is 6.84. The Morgan fingerprint density at radius 2 is 1.76 bits per heavy atom. The quantitative estimate of drug-likeness (QED) is 0.103. The van der Waals surface area contributed by atoms with E-state index in [2.05, 4.69) is 20.3 Å². The SMILES string of the molecule is COC(=O)c1ccc2c(c1)nc(NCCc1cnc(CCN(Cc3ccc(-c4ccccc4)c(Cl)c3)C(=O)OC(C)(C)C)[nH]1)c1ccncc12. The summed E-state index contributed by atoms with van der Waals surface area (Å²) < 4.78 is 10.6. The van der Waals surface area contributed by atoms with E-state index in [9.17, 15) is 9.59 Å². The molecule has 0 saturated heterocycles. The van der Waals surface area contributed by atoms with Crippen LogP contribution in [0.2, 0.25) is 5.02 Å². The van der Waals surface area contributed by atoms with Crippen molar-refractivity contribution in [2.24, 2.45) is 0 Å². The van der Waals surface area contributed by atoms with Crippen molar-refractivity contribution in [2.75, 3.05) is 25.5 Å². The number of nitrogens with zero attached hydrogens (tertiary/aromatic N) is 4. The maximum absolute atomic E-state index is 13.3. The van der Waals surface area contributed by atoms with Crippen LogP contribution in [0.1, 0.15) is 48.2 Å². The number of aromatic amines is 1. The van der Waals surface area contributed by atoms with E-state index in [0.29, 0.717) is 54.4 Å². The number of methoxy groups -OCH3 is 1. The summed E-state index contributed by atoms with van der Waals surface area (Å²) >= 11 is 6.69. The summed E-state index contributed by atoms with van der Waals surface area (Å²) in [7, 11) is 1.36. The van der Waals surface area contributed by atoms with Crippen LogP contribution in [0.3, 0.4) is 0 Å². The number of benzene rings is 3. The van der Waals surface area contributed by atoms with Crippen LogP contribution in [-0.4, -0.2) is 62.7 Å². The highest BCUT2D eigenvalue weighted by Crippen LogP contribution is 2.31. The standard InChI is InChI=1S/C39H39ClN6O4/c1-39(2,3)50-38(48)46(24-25-10-12-29(33(40)20-25)26-8-6-5-7-9-26)19-16-35-43-22-28(44-35)14-18-42-36-31-15-17-41-23-32(31)30-13-11-27(37(47)49-4)21-34(30)45-36/h5-13,15,17,20-23H,14,16,18-19,24H2,1-4H3,(H,42,45)(H,43,44). The lowest BCUT2D eigenvalue weighted by atomic mass is 10.0. The van der Waals surface area contributed by atoms with Gasteiger partial charge in [0.25, 0.3) is 0 Å². The van der Waals surface area contributed by atoms with Crippen LogP contribution in [0.5, 0.6) is 0 Å². The van der Waals surface area contributed by atoms with Crippen LogP contribution >= 0.6 is 11.6 Å². The summed E-state index contributed by atoms with van der Waals surface area (Å²) in [5.41, 5.74) is 4.28. The third-order valence-electron chi connectivity index (χ3n) is 8.15. The van der Waals surface area contributed by atoms with E-state index in [1.807, 2.05) is 87.6 Å². The zero-order valence-corrected chi connectivity index (χ0v) is 29.3. The second-order valence-corrected chi connectivity index (χ2v) is 13.4. The van der Waals surface area contributed by atoms with E-state index in [1.54, 1.807) is 29.4 Å². The van der Waals surface area contributed by atoms with Crippen LogP contribution in [-0.2, 0) is 28.9 Å². The Kier molecular flexibility index (Phi) is 10.3. The summed E-state index contributed by atoms with van der Waals surface area (Å²) in [5.74, 6) is 1.05. The van der Waals surface area contributed by atoms with E-state index >= 15 is 0 Å². The van der Waals surface area contributed by atoms with E-state index in [1.165, 1.54) is 7.11 Å². The van der Waals surface area contributed by atoms with E-state index in [4.69, 9.17) is 26.1 Å². The molecule has 10 nitrogen and oxygen atoms in total. The predicted molar refractivity (Wildman–Crippen MR) is 196 cm³/mol. The van der Waals surface area contributed by atoms with Gasteiger partial charge in [0.2, 0.25) is 0 Å². The van der Waals surface area contributed by atoms with Crippen molar-refractivity contribution < 1.29 is 19.1 Å². The molecule has 0 unspecified atom stereocenters. The number of carbonyl (C=O) groups is 2. The fraction of sp³-hybridized carbons (Fsp3) is 0.256. The molecule has 0 spiro atoms. The first kappa shape index (κ1) is 34.4. The molecular weight excluding hydrogens is 652 g/mol. The number of pyridine rings is 2. The third-order valence-corrected chi connectivity index (χ3v) is 8.46. The van der Waals surface area contributed by atoms with Gasteiger partial charge in [0.05, 0.1) is 18.2 Å². The van der Waals surface area contributed by atoms with Crippen molar-refractivity contribution in [1.29, 1.82) is 0 Å². The van der Waals surface area contributed by atoms with E-state index in [0.717, 1.165) is 44.4 Å². The molecule has 0 aliphatic heterocycles. The molecule has 0 radical (unpaired) electrons. The average Bonchev–Trinajstić information content (AvgIpc) is 3.56. The lowest BCUT2D eigenvalue weighted by Crippen LogP contribution is -2.37. The van der Waals surface area contributed by atoms with Gasteiger partial charge in [-0.2, -0.15) is 0 Å². The molecule has 3 aromatic carbocycles. The number of aromatic nitrogens is 4. The molecule has 3 heterocycles. The molecule has 1 amide bonds. The molecule has 6 aromatic rings. The maximum Gasteiger partial charge on any atom is 0.410 e. The number of imidazole rings is 1. The number of esters is 1. The van der Waals surface area contributed by atoms with E-state index < -0.39 is 17.7 Å². The topological polar surface area (TPSA) is 122 Å². The number of amides is 1. The van der Waals surface area contributed by atoms with Crippen molar-refractivity contribution in [3.63, 3.8) is 0 Å². The number of carbonyl (C=O) groups excluding carboxylic acids is 2. The van der Waals surface area contributed by atoms with Gasteiger partial charge in [-0.3, -0.25) is 4.98 Å². The lowest BCUT2D eigenvalue weighted by molar-refractivity contribution is 0.0235. The van der Waals surface area contributed by atoms with Gasteiger partial charge in [0, 0.05) is 83.5 Å². The first-order valence-corrected chi connectivity index (χ1v) is 16.8. The minimum atomic E-state index is -0.639. The summed E-state index contributed by atoms with van der Waals surface area (Å²) in [4.78, 5) is 44.2. The Bertz CT molecular complexity index is 2140. The molecule has 0 atom stereocenters. The Labute approximate surface area is 295 Å². The number of ether oxygens (including phenoxy) is 2. The number of fused-ring (bicyclic) bond motifs is 3. The number of hydrogen-bond donors (Lipinski definition) is 2. The summed E-state index contributed by atoms with van der Waals surface area (Å²) in [6.07, 6.45) is 6.12. The number of nitrogens with one attached hydrogen (secondary N) is 2. The minimum Gasteiger partial charge on any atom is -0.465 e. The summed E-state index contributed by atoms with van der Waals surface area (Å²) in [6.45, 7) is 6.88. The van der Waals surface area contributed by atoms with Crippen LogP contribution in [0.4, 0.5) is 10.6 Å². The molecule has 0 aliphatic carbocycles. The number of H-pyrrole nitrogens is 1. The highest BCUT2D eigenvalue weighted by molar-refractivity contribution is 6.33. The molecular formula is C39H39ClN6O4. The number of rotatable bonds is 11. The van der Waals surface area contributed by atoms with Crippen LogP contribution < -0.4 is 5.32 Å². The normalized spacial score (nSPS) is 11.5. The van der Waals surface area contributed by atoms with Crippen molar-refractivity contribution in [2.45, 2.75) is 45.8 Å². The Morgan fingerprint density at radius 3 is 2.52 bits per heavy atom. The first-order valence-electron chi connectivity index (χ1n) is 16.4. The number of halogens is 1. The van der Waals surface area contributed by atoms with Crippen LogP contribution in [0, 0.1) is 0 Å². The molecule has 6 rings (SSSR count). The molecule has 0 aliphatic rings. The van der Waals surface area contributed by atoms with Crippen molar-refractivity contribution in [3.8, 4) is 11.1 Å². The van der Waals surface area contributed by atoms with Crippen LogP contribution in [0.15, 0.2) is 91.4 Å². The van der Waals surface area contributed by atoms with Crippen molar-refractivity contribution >= 4 is 51.2 Å². The second-order valence-electron chi connectivity index (χ2n) is 13.0. The fourth-order valence-corrected chi connectivity index (χ4v) is 6.05. The smallest absolute Gasteiger partial charge is 0.410 e. The lowest BCUT2D eigenvalue weighted by Gasteiger charge is -2.27. The molecule has 0 fully saturated rings. The van der Waals surface area contributed by atoms with Crippen LogP contribution in [0.25, 0.3) is 32.8 Å². The third kappa shape index (κ3) is 8.20. The van der Waals surface area contributed by atoms with Gasteiger partial charge in [0.1, 0.15) is 17.2 Å². The number of anilines is 1. The largest absolute Gasteiger partial charge is 0.465 e. The van der Waals surface area contributed by atoms with Crippen molar-refractivity contribution in [1.82, 2.24) is 24.8 Å². The molecule has 2 N–H and O–H groups in total. The first-order chi connectivity index (χ1) is 24.1. The van der Waals surface area contributed by atoms with Gasteiger partial charge >= 0.3 is 12.1 Å². The molecule has 0 bridgehead atoms.